The van der Waals surface area contributed by atoms with Gasteiger partial charge in [0.2, 0.25) is 5.91 Å². The number of ether oxygens (including phenoxy) is 1. The summed E-state index contributed by atoms with van der Waals surface area (Å²) in [6.07, 6.45) is 6.75. The lowest BCUT2D eigenvalue weighted by Crippen LogP contribution is -2.58. The van der Waals surface area contributed by atoms with E-state index in [1.807, 2.05) is 0 Å². The van der Waals surface area contributed by atoms with Gasteiger partial charge in [0.25, 0.3) is 0 Å². The third kappa shape index (κ3) is 3.11. The minimum Gasteiger partial charge on any atom is -0.377 e. The molecular formula is C23H34N2O2. The number of likely N-dealkylation sites (tertiary alicyclic amines) is 1. The highest BCUT2D eigenvalue weighted by atomic mass is 16.5. The Labute approximate surface area is 163 Å². The third-order valence-electron chi connectivity index (χ3n) is 7.49. The van der Waals surface area contributed by atoms with Crippen LogP contribution in [-0.4, -0.2) is 49.2 Å². The topological polar surface area (TPSA) is 41.6 Å². The zero-order valence-corrected chi connectivity index (χ0v) is 17.1. The lowest BCUT2D eigenvalue weighted by Gasteiger charge is -2.47. The Morgan fingerprint density at radius 3 is 2.89 bits per heavy atom. The summed E-state index contributed by atoms with van der Waals surface area (Å²) >= 11 is 0. The van der Waals surface area contributed by atoms with Crippen LogP contribution >= 0.6 is 0 Å². The van der Waals surface area contributed by atoms with Crippen molar-refractivity contribution in [2.24, 2.45) is 5.92 Å². The van der Waals surface area contributed by atoms with Gasteiger partial charge in [-0.1, -0.05) is 24.3 Å². The number of fused-ring (bicyclic) bond motifs is 2. The number of methoxy groups -OCH3 is 1. The smallest absolute Gasteiger partial charge is 0.228 e. The van der Waals surface area contributed by atoms with Crippen molar-refractivity contribution in [2.45, 2.75) is 69.4 Å². The molecule has 4 nitrogen and oxygen atoms in total. The molecule has 3 atom stereocenters. The maximum absolute atomic E-state index is 13.9. The first-order valence-electron chi connectivity index (χ1n) is 10.6. The van der Waals surface area contributed by atoms with E-state index >= 15 is 0 Å². The first-order valence-corrected chi connectivity index (χ1v) is 10.6. The van der Waals surface area contributed by atoms with Crippen molar-refractivity contribution in [1.82, 2.24) is 10.2 Å². The van der Waals surface area contributed by atoms with Gasteiger partial charge in [-0.15, -0.1) is 0 Å². The first-order chi connectivity index (χ1) is 13.0. The minimum absolute atomic E-state index is 0.0345. The van der Waals surface area contributed by atoms with Crippen molar-refractivity contribution in [2.75, 3.05) is 26.7 Å². The van der Waals surface area contributed by atoms with E-state index in [2.05, 4.69) is 48.3 Å². The van der Waals surface area contributed by atoms with Crippen molar-refractivity contribution in [3.05, 3.63) is 35.4 Å². The zero-order valence-electron chi connectivity index (χ0n) is 17.1. The Morgan fingerprint density at radius 2 is 2.07 bits per heavy atom. The van der Waals surface area contributed by atoms with Gasteiger partial charge in [0.1, 0.15) is 0 Å². The van der Waals surface area contributed by atoms with Crippen LogP contribution in [0.2, 0.25) is 0 Å². The van der Waals surface area contributed by atoms with Crippen LogP contribution < -0.4 is 5.32 Å². The molecule has 2 aliphatic heterocycles. The standard InChI is InChI=1S/C23H34N2O2/c1-22(2,27-3)20-12-6-7-14-25(20)21(26)19-15-24-16-23(19)13-8-10-17-9-4-5-11-18(17)23/h4-5,9,11,19-20,24H,6-8,10,12-16H2,1-3H3/t19-,20?,23+/m0/s1. The Kier molecular flexibility index (Phi) is 5.06. The molecule has 1 aromatic rings. The molecule has 148 valence electrons. The summed E-state index contributed by atoms with van der Waals surface area (Å²) in [7, 11) is 1.77. The maximum atomic E-state index is 13.9. The summed E-state index contributed by atoms with van der Waals surface area (Å²) in [4.78, 5) is 16.1. The molecule has 3 aliphatic rings. The van der Waals surface area contributed by atoms with E-state index in [9.17, 15) is 4.79 Å². The van der Waals surface area contributed by atoms with E-state index in [1.54, 1.807) is 7.11 Å². The highest BCUT2D eigenvalue weighted by Crippen LogP contribution is 2.46. The van der Waals surface area contributed by atoms with E-state index in [0.717, 1.165) is 45.3 Å². The van der Waals surface area contributed by atoms with Gasteiger partial charge in [-0.2, -0.15) is 0 Å². The summed E-state index contributed by atoms with van der Waals surface area (Å²) in [5.41, 5.74) is 2.52. The van der Waals surface area contributed by atoms with Crippen LogP contribution in [0.5, 0.6) is 0 Å². The lowest BCUT2D eigenvalue weighted by molar-refractivity contribution is -0.149. The predicted octanol–water partition coefficient (Wildman–Crippen LogP) is 3.29. The second-order valence-electron chi connectivity index (χ2n) is 9.20. The van der Waals surface area contributed by atoms with E-state index in [1.165, 1.54) is 24.0 Å². The lowest BCUT2D eigenvalue weighted by atomic mass is 9.64. The number of hydrogen-bond donors (Lipinski definition) is 1. The average Bonchev–Trinajstić information content (AvgIpc) is 3.12. The second-order valence-corrected chi connectivity index (χ2v) is 9.20. The van der Waals surface area contributed by atoms with Crippen LogP contribution in [0.3, 0.4) is 0 Å². The minimum atomic E-state index is -0.306. The van der Waals surface area contributed by atoms with Crippen molar-refractivity contribution in [3.63, 3.8) is 0 Å². The number of benzene rings is 1. The van der Waals surface area contributed by atoms with Gasteiger partial charge in [-0.3, -0.25) is 4.79 Å². The molecule has 1 aliphatic carbocycles. The Morgan fingerprint density at radius 1 is 1.26 bits per heavy atom. The van der Waals surface area contributed by atoms with Crippen molar-refractivity contribution >= 4 is 5.91 Å². The van der Waals surface area contributed by atoms with Crippen molar-refractivity contribution in [1.29, 1.82) is 0 Å². The molecule has 1 amide bonds. The number of hydrogen-bond acceptors (Lipinski definition) is 3. The molecule has 2 saturated heterocycles. The summed E-state index contributed by atoms with van der Waals surface area (Å²) in [6.45, 7) is 6.84. The van der Waals surface area contributed by atoms with Gasteiger partial charge in [-0.05, 0) is 63.5 Å². The van der Waals surface area contributed by atoms with Gasteiger partial charge in [-0.25, -0.2) is 0 Å². The molecule has 27 heavy (non-hydrogen) atoms. The molecule has 1 unspecified atom stereocenters. The van der Waals surface area contributed by atoms with Gasteiger partial charge in [0.05, 0.1) is 17.6 Å². The molecule has 1 N–H and O–H groups in total. The number of nitrogens with one attached hydrogen (secondary N) is 1. The Balaban J connectivity index is 1.67. The third-order valence-corrected chi connectivity index (χ3v) is 7.49. The molecule has 0 radical (unpaired) electrons. The zero-order chi connectivity index (χ0) is 19.1. The van der Waals surface area contributed by atoms with Crippen LogP contribution in [0.1, 0.15) is 57.1 Å². The SMILES string of the molecule is COC(C)(C)C1CCCCN1C(=O)[C@@H]1CNC[C@@]12CCCc1ccccc12. The summed E-state index contributed by atoms with van der Waals surface area (Å²) < 4.78 is 5.80. The number of rotatable bonds is 3. The van der Waals surface area contributed by atoms with E-state index in [0.29, 0.717) is 5.91 Å². The van der Waals surface area contributed by atoms with Crippen LogP contribution in [0.4, 0.5) is 0 Å². The molecule has 1 spiro atoms. The first kappa shape index (κ1) is 18.9. The van der Waals surface area contributed by atoms with Crippen LogP contribution in [0.25, 0.3) is 0 Å². The number of amides is 1. The summed E-state index contributed by atoms with van der Waals surface area (Å²) in [5.74, 6) is 0.374. The number of aryl methyl sites for hydroxylation is 1. The van der Waals surface area contributed by atoms with Gasteiger partial charge in [0.15, 0.2) is 0 Å². The van der Waals surface area contributed by atoms with Crippen molar-refractivity contribution < 1.29 is 9.53 Å². The molecule has 2 heterocycles. The number of carbonyl (C=O) groups excluding carboxylic acids is 1. The maximum Gasteiger partial charge on any atom is 0.228 e. The normalized spacial score (nSPS) is 31.1. The Hall–Kier alpha value is -1.39. The van der Waals surface area contributed by atoms with E-state index in [-0.39, 0.29) is 23.0 Å². The van der Waals surface area contributed by atoms with E-state index < -0.39 is 0 Å². The molecule has 0 aromatic heterocycles. The average molecular weight is 371 g/mol. The van der Waals surface area contributed by atoms with Crippen molar-refractivity contribution in [3.8, 4) is 0 Å². The summed E-state index contributed by atoms with van der Waals surface area (Å²) in [5, 5.41) is 3.58. The largest absolute Gasteiger partial charge is 0.377 e. The van der Waals surface area contributed by atoms with E-state index in [4.69, 9.17) is 4.74 Å². The van der Waals surface area contributed by atoms with Gasteiger partial charge in [0, 0.05) is 32.2 Å². The molecule has 1 aromatic carbocycles. The molecule has 4 rings (SSSR count). The quantitative estimate of drug-likeness (QED) is 0.888. The Bertz CT molecular complexity index is 701. The number of carbonyl (C=O) groups is 1. The highest BCUT2D eigenvalue weighted by Gasteiger charge is 2.52. The monoisotopic (exact) mass is 370 g/mol. The van der Waals surface area contributed by atoms with Crippen LogP contribution in [0, 0.1) is 5.92 Å². The number of nitrogens with zero attached hydrogens (tertiary/aromatic N) is 1. The fourth-order valence-corrected chi connectivity index (χ4v) is 5.83. The molecule has 2 fully saturated rings. The van der Waals surface area contributed by atoms with Crippen LogP contribution in [-0.2, 0) is 21.4 Å². The number of piperidine rings is 1. The predicted molar refractivity (Wildman–Crippen MR) is 108 cm³/mol. The molecular weight excluding hydrogens is 336 g/mol. The second kappa shape index (κ2) is 7.21. The fourth-order valence-electron chi connectivity index (χ4n) is 5.83. The highest BCUT2D eigenvalue weighted by molar-refractivity contribution is 5.82. The van der Waals surface area contributed by atoms with Gasteiger partial charge >= 0.3 is 0 Å². The van der Waals surface area contributed by atoms with Gasteiger partial charge < -0.3 is 15.0 Å². The molecule has 4 heteroatoms. The van der Waals surface area contributed by atoms with Crippen LogP contribution in [0.15, 0.2) is 24.3 Å². The fraction of sp³-hybridized carbons (Fsp3) is 0.696. The molecule has 0 saturated carbocycles. The molecule has 0 bridgehead atoms. The summed E-state index contributed by atoms with van der Waals surface area (Å²) in [6, 6.07) is 8.98.